The number of carbonyl (C=O) groups excluding carboxylic acids is 1. The van der Waals surface area contributed by atoms with Crippen molar-refractivity contribution in [2.75, 3.05) is 6.66 Å². The van der Waals surface area contributed by atoms with Gasteiger partial charge in [0.25, 0.3) is 0 Å². The maximum atomic E-state index is 13.8. The summed E-state index contributed by atoms with van der Waals surface area (Å²) in [5.74, 6) is -0.0338. The smallest absolute Gasteiger partial charge is 0.163 e. The molecule has 0 aliphatic carbocycles. The molecule has 3 rings (SSSR count). The first-order valence-corrected chi connectivity index (χ1v) is 11.1. The number of ketones is 1. The van der Waals surface area contributed by atoms with E-state index < -0.39 is 12.8 Å². The van der Waals surface area contributed by atoms with Crippen LogP contribution in [0.4, 0.5) is 0 Å². The van der Waals surface area contributed by atoms with Gasteiger partial charge in [-0.2, -0.15) is 0 Å². The summed E-state index contributed by atoms with van der Waals surface area (Å²) in [5.41, 5.74) is 0.914. The van der Waals surface area contributed by atoms with Crippen LogP contribution in [0, 0.1) is 0 Å². The Morgan fingerprint density at radius 3 is 2.04 bits per heavy atom. The third kappa shape index (κ3) is 3.98. The Kier molecular flexibility index (Phi) is 5.76. The number of carbonyl (C=O) groups is 1. The van der Waals surface area contributed by atoms with Crippen molar-refractivity contribution in [2.24, 2.45) is 0 Å². The van der Waals surface area contributed by atoms with Crippen LogP contribution >= 0.6 is 18.7 Å². The average molecular weight is 383 g/mol. The summed E-state index contributed by atoms with van der Waals surface area (Å²) < 4.78 is 13.8. The van der Waals surface area contributed by atoms with Gasteiger partial charge in [-0.1, -0.05) is 90.5 Å². The van der Waals surface area contributed by atoms with Crippen molar-refractivity contribution in [3.05, 3.63) is 101 Å². The maximum Gasteiger partial charge on any atom is 0.163 e. The number of Topliss-reactive ketones (excluding diaryl/α,β-unsaturated/α-hetero) is 1. The topological polar surface area (TPSA) is 34.1 Å². The number of hydrogen-bond acceptors (Lipinski definition) is 2. The lowest BCUT2D eigenvalue weighted by atomic mass is 10.0. The summed E-state index contributed by atoms with van der Waals surface area (Å²) in [4.78, 5) is 12.9. The average Bonchev–Trinajstić information content (AvgIpc) is 2.68. The highest BCUT2D eigenvalue weighted by molar-refractivity contribution is 7.71. The van der Waals surface area contributed by atoms with Gasteiger partial charge in [-0.3, -0.25) is 4.79 Å². The zero-order chi connectivity index (χ0) is 18.6. The Morgan fingerprint density at radius 1 is 0.885 bits per heavy atom. The Hall–Kier alpha value is -2.15. The van der Waals surface area contributed by atoms with Gasteiger partial charge in [0.1, 0.15) is 7.14 Å². The minimum Gasteiger partial charge on any atom is -0.318 e. The number of halogens is 1. The monoisotopic (exact) mass is 382 g/mol. The number of hydrogen-bond donors (Lipinski definition) is 0. The van der Waals surface area contributed by atoms with Gasteiger partial charge in [-0.25, -0.2) is 0 Å². The second kappa shape index (κ2) is 8.03. The molecular weight excluding hydrogens is 363 g/mol. The standard InChI is InChI=1S/C22H20ClO2P/c1-26(25,18-12-6-3-7-13-18)22(19-14-8-9-15-20(19)23)16-21(24)17-10-4-2-5-11-17/h2-15,22H,16H2,1H3/t22-,26?/m0/s1. The van der Waals surface area contributed by atoms with E-state index in [1.54, 1.807) is 24.9 Å². The molecule has 0 aliphatic heterocycles. The first-order chi connectivity index (χ1) is 12.5. The first-order valence-electron chi connectivity index (χ1n) is 8.45. The molecule has 0 fully saturated rings. The number of rotatable bonds is 6. The zero-order valence-electron chi connectivity index (χ0n) is 14.5. The Balaban J connectivity index is 2.04. The van der Waals surface area contributed by atoms with Gasteiger partial charge < -0.3 is 4.57 Å². The van der Waals surface area contributed by atoms with E-state index in [0.717, 1.165) is 10.9 Å². The predicted molar refractivity (Wildman–Crippen MR) is 109 cm³/mol. The fourth-order valence-corrected chi connectivity index (χ4v) is 5.85. The van der Waals surface area contributed by atoms with Crippen LogP contribution in [0.25, 0.3) is 0 Å². The molecule has 2 nitrogen and oxygen atoms in total. The molecule has 0 aliphatic rings. The molecule has 3 aromatic carbocycles. The molecule has 0 amide bonds. The highest BCUT2D eigenvalue weighted by atomic mass is 35.5. The number of benzene rings is 3. The molecule has 1 unspecified atom stereocenters. The van der Waals surface area contributed by atoms with Gasteiger partial charge in [-0.05, 0) is 18.3 Å². The SMILES string of the molecule is CP(=O)(c1ccccc1)[C@@H](CC(=O)c1ccccc1)c1ccccc1Cl. The van der Waals surface area contributed by atoms with Crippen LogP contribution in [0.5, 0.6) is 0 Å². The van der Waals surface area contributed by atoms with Gasteiger partial charge in [0.05, 0.1) is 0 Å². The molecule has 4 heteroatoms. The molecule has 0 spiro atoms. The highest BCUT2D eigenvalue weighted by Crippen LogP contribution is 2.58. The molecule has 0 radical (unpaired) electrons. The minimum atomic E-state index is -2.88. The first kappa shape index (κ1) is 18.6. The Bertz CT molecular complexity index is 939. The molecule has 2 atom stereocenters. The van der Waals surface area contributed by atoms with Crippen LogP contribution in [0.15, 0.2) is 84.9 Å². The molecular formula is C22H20ClO2P. The molecule has 0 N–H and O–H groups in total. The highest BCUT2D eigenvalue weighted by Gasteiger charge is 2.34. The molecule has 132 valence electrons. The predicted octanol–water partition coefficient (Wildman–Crippen LogP) is 5.97. The van der Waals surface area contributed by atoms with Crippen molar-refractivity contribution in [1.82, 2.24) is 0 Å². The van der Waals surface area contributed by atoms with Crippen LogP contribution < -0.4 is 5.30 Å². The molecule has 26 heavy (non-hydrogen) atoms. The van der Waals surface area contributed by atoms with Crippen molar-refractivity contribution in [1.29, 1.82) is 0 Å². The van der Waals surface area contributed by atoms with E-state index in [1.165, 1.54) is 0 Å². The fourth-order valence-electron chi connectivity index (χ4n) is 3.12. The summed E-state index contributed by atoms with van der Waals surface area (Å²) in [6, 6.07) is 25.8. The lowest BCUT2D eigenvalue weighted by molar-refractivity contribution is 0.0981. The van der Waals surface area contributed by atoms with Gasteiger partial charge in [-0.15, -0.1) is 0 Å². The molecule has 0 saturated carbocycles. The second-order valence-electron chi connectivity index (χ2n) is 6.36. The van der Waals surface area contributed by atoms with Gasteiger partial charge >= 0.3 is 0 Å². The van der Waals surface area contributed by atoms with E-state index in [0.29, 0.717) is 10.6 Å². The fraction of sp³-hybridized carbons (Fsp3) is 0.136. The van der Waals surface area contributed by atoms with E-state index in [4.69, 9.17) is 11.6 Å². The lowest BCUT2D eigenvalue weighted by Crippen LogP contribution is -2.15. The van der Waals surface area contributed by atoms with E-state index in [1.807, 2.05) is 66.7 Å². The van der Waals surface area contributed by atoms with Gasteiger partial charge in [0, 0.05) is 28.0 Å². The van der Waals surface area contributed by atoms with Crippen molar-refractivity contribution in [3.8, 4) is 0 Å². The molecule has 0 heterocycles. The van der Waals surface area contributed by atoms with Crippen LogP contribution in [-0.4, -0.2) is 12.4 Å². The van der Waals surface area contributed by atoms with Crippen molar-refractivity contribution < 1.29 is 9.36 Å². The van der Waals surface area contributed by atoms with Gasteiger partial charge in [0.15, 0.2) is 5.78 Å². The largest absolute Gasteiger partial charge is 0.318 e. The summed E-state index contributed by atoms with van der Waals surface area (Å²) in [5, 5.41) is 1.29. The second-order valence-corrected chi connectivity index (χ2v) is 9.88. The van der Waals surface area contributed by atoms with Crippen molar-refractivity contribution in [3.63, 3.8) is 0 Å². The Labute approximate surface area is 159 Å². The third-order valence-corrected chi connectivity index (χ3v) is 7.92. The summed E-state index contributed by atoms with van der Waals surface area (Å²) >= 11 is 6.41. The van der Waals surface area contributed by atoms with E-state index in [2.05, 4.69) is 0 Å². The maximum absolute atomic E-state index is 13.8. The van der Waals surface area contributed by atoms with E-state index >= 15 is 0 Å². The third-order valence-electron chi connectivity index (χ3n) is 4.60. The lowest BCUT2D eigenvalue weighted by Gasteiger charge is -2.26. The minimum absolute atomic E-state index is 0.0338. The molecule has 3 aromatic rings. The summed E-state index contributed by atoms with van der Waals surface area (Å²) in [6.07, 6.45) is 0.149. The summed E-state index contributed by atoms with van der Waals surface area (Å²) in [7, 11) is -2.88. The van der Waals surface area contributed by atoms with Crippen molar-refractivity contribution in [2.45, 2.75) is 12.1 Å². The quantitative estimate of drug-likeness (QED) is 0.388. The van der Waals surface area contributed by atoms with Gasteiger partial charge in [0.2, 0.25) is 0 Å². The zero-order valence-corrected chi connectivity index (χ0v) is 16.2. The summed E-state index contributed by atoms with van der Waals surface area (Å²) in [6.45, 7) is 1.74. The molecule has 0 saturated heterocycles. The van der Waals surface area contributed by atoms with Crippen LogP contribution in [-0.2, 0) is 4.57 Å². The van der Waals surface area contributed by atoms with Crippen LogP contribution in [0.1, 0.15) is 28.0 Å². The van der Waals surface area contributed by atoms with E-state index in [-0.39, 0.29) is 12.2 Å². The molecule has 0 aromatic heterocycles. The van der Waals surface area contributed by atoms with Crippen LogP contribution in [0.2, 0.25) is 5.02 Å². The Morgan fingerprint density at radius 2 is 1.42 bits per heavy atom. The van der Waals surface area contributed by atoms with E-state index in [9.17, 15) is 9.36 Å². The van der Waals surface area contributed by atoms with Crippen LogP contribution in [0.3, 0.4) is 0 Å². The van der Waals surface area contributed by atoms with Crippen molar-refractivity contribution >= 4 is 29.8 Å². The normalized spacial score (nSPS) is 14.4. The molecule has 0 bridgehead atoms.